The van der Waals surface area contributed by atoms with Crippen molar-refractivity contribution in [3.63, 3.8) is 0 Å². The number of halogens is 1. The lowest BCUT2D eigenvalue weighted by atomic mass is 9.46. The van der Waals surface area contributed by atoms with Gasteiger partial charge in [0.25, 0.3) is 0 Å². The molecule has 4 bridgehead atoms. The van der Waals surface area contributed by atoms with Crippen molar-refractivity contribution in [3.05, 3.63) is 53.8 Å². The van der Waals surface area contributed by atoms with Crippen molar-refractivity contribution in [2.24, 2.45) is 17.3 Å². The Kier molecular flexibility index (Phi) is 4.76. The number of nitrogens with zero attached hydrogens (tertiary/aromatic N) is 5. The van der Waals surface area contributed by atoms with E-state index < -0.39 is 0 Å². The van der Waals surface area contributed by atoms with Gasteiger partial charge >= 0.3 is 0 Å². The van der Waals surface area contributed by atoms with E-state index in [4.69, 9.17) is 16.3 Å². The Morgan fingerprint density at radius 2 is 2.09 bits per heavy atom. The fraction of sp³-hybridized carbons (Fsp3) is 0.500. The van der Waals surface area contributed by atoms with Gasteiger partial charge in [-0.2, -0.15) is 5.10 Å². The standard InChI is InChI=1S/C24H27ClN6O2/c1-33-20-4-2-3-16(6-20)12-30-13-19(11-27-30)28-21(32)23-7-17-5-18(8-23)10-24(9-17,14-23)31-15-26-22(25)29-31/h2-4,6,11,13,15,17-18H,5,7-10,12,14H2,1H3,(H,28,32). The summed E-state index contributed by atoms with van der Waals surface area (Å²) in [5.41, 5.74) is 1.29. The Hall–Kier alpha value is -2.87. The summed E-state index contributed by atoms with van der Waals surface area (Å²) in [4.78, 5) is 17.8. The molecular weight excluding hydrogens is 440 g/mol. The highest BCUT2D eigenvalue weighted by Gasteiger charge is 2.61. The van der Waals surface area contributed by atoms with Crippen molar-refractivity contribution in [2.45, 2.75) is 50.6 Å². The van der Waals surface area contributed by atoms with Crippen LogP contribution in [0.3, 0.4) is 0 Å². The molecule has 4 fully saturated rings. The fourth-order valence-electron chi connectivity index (χ4n) is 6.96. The Bertz CT molecular complexity index is 1190. The zero-order valence-corrected chi connectivity index (χ0v) is 19.3. The predicted molar refractivity (Wildman–Crippen MR) is 123 cm³/mol. The minimum Gasteiger partial charge on any atom is -0.497 e. The van der Waals surface area contributed by atoms with Crippen LogP contribution in [0.5, 0.6) is 5.75 Å². The molecule has 2 unspecified atom stereocenters. The molecule has 0 spiro atoms. The summed E-state index contributed by atoms with van der Waals surface area (Å²) in [6.07, 6.45) is 11.3. The van der Waals surface area contributed by atoms with Crippen molar-refractivity contribution in [1.29, 1.82) is 0 Å². The van der Waals surface area contributed by atoms with Crippen LogP contribution in [0.1, 0.15) is 44.1 Å². The third-order valence-corrected chi connectivity index (χ3v) is 8.00. The van der Waals surface area contributed by atoms with Gasteiger partial charge in [-0.1, -0.05) is 12.1 Å². The lowest BCUT2D eigenvalue weighted by Crippen LogP contribution is -2.60. The molecule has 172 valence electrons. The summed E-state index contributed by atoms with van der Waals surface area (Å²) < 4.78 is 9.09. The number of ether oxygens (including phenoxy) is 1. The maximum absolute atomic E-state index is 13.7. The SMILES string of the molecule is COc1cccc(Cn2cc(NC(=O)C34CC5CC(C3)CC(n3cnc(Cl)n3)(C5)C4)cn2)c1. The summed E-state index contributed by atoms with van der Waals surface area (Å²) in [7, 11) is 1.66. The van der Waals surface area contributed by atoms with Crippen LogP contribution in [0.25, 0.3) is 0 Å². The minimum absolute atomic E-state index is 0.105. The van der Waals surface area contributed by atoms with Crippen LogP contribution < -0.4 is 10.1 Å². The second kappa shape index (κ2) is 7.58. The van der Waals surface area contributed by atoms with E-state index in [0.717, 1.165) is 49.1 Å². The van der Waals surface area contributed by atoms with Gasteiger partial charge in [0.05, 0.1) is 36.5 Å². The highest BCUT2D eigenvalue weighted by molar-refractivity contribution is 6.28. The maximum Gasteiger partial charge on any atom is 0.242 e. The zero-order valence-electron chi connectivity index (χ0n) is 18.6. The number of anilines is 1. The second-order valence-corrected chi connectivity index (χ2v) is 10.5. The van der Waals surface area contributed by atoms with Crippen LogP contribution in [-0.4, -0.2) is 37.6 Å². The molecule has 4 aliphatic carbocycles. The molecule has 2 atom stereocenters. The molecule has 2 heterocycles. The van der Waals surface area contributed by atoms with E-state index in [2.05, 4.69) is 20.5 Å². The van der Waals surface area contributed by atoms with Crippen molar-refractivity contribution >= 4 is 23.2 Å². The molecule has 9 heteroatoms. The summed E-state index contributed by atoms with van der Waals surface area (Å²) in [5.74, 6) is 2.00. The van der Waals surface area contributed by atoms with Gasteiger partial charge in [-0.15, -0.1) is 5.10 Å². The van der Waals surface area contributed by atoms with E-state index in [9.17, 15) is 4.79 Å². The van der Waals surface area contributed by atoms with Gasteiger partial charge in [-0.05, 0) is 79.7 Å². The van der Waals surface area contributed by atoms with Gasteiger partial charge in [0, 0.05) is 6.20 Å². The monoisotopic (exact) mass is 466 g/mol. The largest absolute Gasteiger partial charge is 0.497 e. The van der Waals surface area contributed by atoms with Gasteiger partial charge < -0.3 is 10.1 Å². The molecule has 2 aromatic heterocycles. The van der Waals surface area contributed by atoms with Gasteiger partial charge in [0.2, 0.25) is 11.2 Å². The lowest BCUT2D eigenvalue weighted by molar-refractivity contribution is -0.150. The highest BCUT2D eigenvalue weighted by atomic mass is 35.5. The first-order valence-electron chi connectivity index (χ1n) is 11.5. The molecule has 1 amide bonds. The molecule has 1 aromatic carbocycles. The Labute approximate surface area is 197 Å². The first-order chi connectivity index (χ1) is 16.0. The van der Waals surface area contributed by atoms with E-state index in [0.29, 0.717) is 18.4 Å². The minimum atomic E-state index is -0.378. The van der Waals surface area contributed by atoms with Gasteiger partial charge in [0.15, 0.2) is 0 Å². The van der Waals surface area contributed by atoms with Crippen LogP contribution in [0.2, 0.25) is 5.28 Å². The Balaban J connectivity index is 1.20. The van der Waals surface area contributed by atoms with Crippen molar-refractivity contribution in [2.75, 3.05) is 12.4 Å². The van der Waals surface area contributed by atoms with E-state index in [-0.39, 0.29) is 22.1 Å². The normalized spacial score (nSPS) is 29.9. The number of rotatable bonds is 6. The van der Waals surface area contributed by atoms with Crippen molar-refractivity contribution in [3.8, 4) is 5.75 Å². The van der Waals surface area contributed by atoms with Crippen LogP contribution >= 0.6 is 11.6 Å². The first kappa shape index (κ1) is 20.7. The maximum atomic E-state index is 13.7. The van der Waals surface area contributed by atoms with Gasteiger partial charge in [-0.3, -0.25) is 9.48 Å². The molecule has 4 saturated carbocycles. The van der Waals surface area contributed by atoms with Crippen LogP contribution in [0.15, 0.2) is 43.0 Å². The number of methoxy groups -OCH3 is 1. The van der Waals surface area contributed by atoms with Gasteiger partial charge in [-0.25, -0.2) is 9.67 Å². The molecular formula is C24H27ClN6O2. The molecule has 4 aliphatic rings. The van der Waals surface area contributed by atoms with Crippen LogP contribution in [-0.2, 0) is 16.9 Å². The smallest absolute Gasteiger partial charge is 0.242 e. The Morgan fingerprint density at radius 1 is 1.27 bits per heavy atom. The van der Waals surface area contributed by atoms with Crippen molar-refractivity contribution < 1.29 is 9.53 Å². The molecule has 0 saturated heterocycles. The van der Waals surface area contributed by atoms with E-state index in [1.165, 1.54) is 6.42 Å². The molecule has 33 heavy (non-hydrogen) atoms. The summed E-state index contributed by atoms with van der Waals surface area (Å²) in [6.45, 7) is 0.610. The Morgan fingerprint density at radius 3 is 2.82 bits per heavy atom. The number of aromatic nitrogens is 5. The average molecular weight is 467 g/mol. The lowest BCUT2D eigenvalue weighted by Gasteiger charge is -2.60. The molecule has 8 nitrogen and oxygen atoms in total. The third kappa shape index (κ3) is 3.60. The third-order valence-electron chi connectivity index (χ3n) is 7.83. The van der Waals surface area contributed by atoms with Gasteiger partial charge in [0.1, 0.15) is 12.1 Å². The summed E-state index contributed by atoms with van der Waals surface area (Å²) >= 11 is 6.04. The zero-order chi connectivity index (χ0) is 22.6. The predicted octanol–water partition coefficient (Wildman–Crippen LogP) is 4.12. The average Bonchev–Trinajstić information content (AvgIpc) is 3.42. The fourth-order valence-corrected chi connectivity index (χ4v) is 7.08. The van der Waals surface area contributed by atoms with E-state index in [1.807, 2.05) is 39.8 Å². The van der Waals surface area contributed by atoms with Crippen LogP contribution in [0, 0.1) is 17.3 Å². The molecule has 7 rings (SSSR count). The molecule has 3 aromatic rings. The number of carbonyl (C=O) groups excluding carboxylic acids is 1. The number of hydrogen-bond donors (Lipinski definition) is 1. The highest BCUT2D eigenvalue weighted by Crippen LogP contribution is 2.64. The summed E-state index contributed by atoms with van der Waals surface area (Å²) in [6, 6.07) is 7.91. The van der Waals surface area contributed by atoms with Crippen LogP contribution in [0.4, 0.5) is 5.69 Å². The molecule has 0 aliphatic heterocycles. The van der Waals surface area contributed by atoms with E-state index >= 15 is 0 Å². The molecule has 1 N–H and O–H groups in total. The number of amides is 1. The van der Waals surface area contributed by atoms with Crippen molar-refractivity contribution in [1.82, 2.24) is 24.5 Å². The summed E-state index contributed by atoms with van der Waals surface area (Å²) in [5, 5.41) is 12.4. The molecule has 0 radical (unpaired) electrons. The topological polar surface area (TPSA) is 86.9 Å². The number of benzene rings is 1. The van der Waals surface area contributed by atoms with E-state index in [1.54, 1.807) is 19.6 Å². The number of hydrogen-bond acceptors (Lipinski definition) is 5. The number of nitrogens with one attached hydrogen (secondary N) is 1. The first-order valence-corrected chi connectivity index (χ1v) is 11.9. The second-order valence-electron chi connectivity index (χ2n) is 10.2. The quantitative estimate of drug-likeness (QED) is 0.590. The number of carbonyl (C=O) groups is 1.